The molecule has 6 nitrogen and oxygen atoms in total. The van der Waals surface area contributed by atoms with Gasteiger partial charge in [0.25, 0.3) is 0 Å². The van der Waals surface area contributed by atoms with Gasteiger partial charge in [0.2, 0.25) is 11.6 Å². The Bertz CT molecular complexity index is 1420. The van der Waals surface area contributed by atoms with Crippen molar-refractivity contribution >= 4 is 43.9 Å². The maximum absolute atomic E-state index is 12.1. The summed E-state index contributed by atoms with van der Waals surface area (Å²) in [5.74, 6) is -0.428. The maximum atomic E-state index is 12.1. The molecule has 0 N–H and O–H groups in total. The van der Waals surface area contributed by atoms with E-state index in [1.54, 1.807) is 11.1 Å². The number of unbranched alkanes of at least 4 members (excludes halogenated alkanes) is 1. The molecule has 0 aliphatic carbocycles. The highest BCUT2D eigenvalue weighted by molar-refractivity contribution is 7.85. The second-order valence-electron chi connectivity index (χ2n) is 8.50. The first-order valence-corrected chi connectivity index (χ1v) is 13.2. The standard InChI is InChI=1S/C28H28N2O4S/c1-22(31)29(24-12-3-2-4-13-24)18-8-7-14-25-21-27-26-15-6-5-11-23(26)16-17-28(27)30(25)19-9-10-20-35(32,33)34/h2-8,11-18H,9-10,19-21H2,1H3. The quantitative estimate of drug-likeness (QED) is 0.185. The second-order valence-corrected chi connectivity index (χ2v) is 10.0. The zero-order valence-corrected chi connectivity index (χ0v) is 20.4. The molecule has 0 bridgehead atoms. The summed E-state index contributed by atoms with van der Waals surface area (Å²) in [6.07, 6.45) is 9.19. The summed E-state index contributed by atoms with van der Waals surface area (Å²) in [6.45, 7) is 2.15. The third-order valence-corrected chi connectivity index (χ3v) is 6.83. The molecule has 180 valence electrons. The molecule has 0 unspecified atom stereocenters. The van der Waals surface area contributed by atoms with Gasteiger partial charge < -0.3 is 4.55 Å². The number of allylic oxidation sites excluding steroid dienone is 3. The van der Waals surface area contributed by atoms with Gasteiger partial charge in [-0.2, -0.15) is 4.58 Å². The van der Waals surface area contributed by atoms with Crippen LogP contribution in [0, 0.1) is 0 Å². The molecular weight excluding hydrogens is 460 g/mol. The number of carbonyl (C=O) groups is 1. The third-order valence-electron chi connectivity index (χ3n) is 6.05. The van der Waals surface area contributed by atoms with Crippen LogP contribution in [0.1, 0.15) is 25.3 Å². The van der Waals surface area contributed by atoms with Gasteiger partial charge in [0.1, 0.15) is 6.54 Å². The van der Waals surface area contributed by atoms with Crippen LogP contribution in [0.4, 0.5) is 11.4 Å². The van der Waals surface area contributed by atoms with Gasteiger partial charge in [0.05, 0.1) is 16.5 Å². The van der Waals surface area contributed by atoms with Crippen LogP contribution >= 0.6 is 0 Å². The van der Waals surface area contributed by atoms with Crippen molar-refractivity contribution < 1.29 is 22.3 Å². The van der Waals surface area contributed by atoms with Crippen molar-refractivity contribution in [1.82, 2.24) is 0 Å². The summed E-state index contributed by atoms with van der Waals surface area (Å²) >= 11 is 0. The van der Waals surface area contributed by atoms with Gasteiger partial charge in [-0.1, -0.05) is 48.5 Å². The van der Waals surface area contributed by atoms with Crippen LogP contribution in [0.15, 0.2) is 91.2 Å². The number of amides is 1. The summed E-state index contributed by atoms with van der Waals surface area (Å²) in [6, 6.07) is 21.9. The Morgan fingerprint density at radius 3 is 2.49 bits per heavy atom. The molecule has 3 aromatic rings. The number of fused-ring (bicyclic) bond motifs is 3. The molecule has 0 atom stereocenters. The van der Waals surface area contributed by atoms with Crippen molar-refractivity contribution in [3.8, 4) is 0 Å². The van der Waals surface area contributed by atoms with E-state index in [0.29, 0.717) is 19.4 Å². The molecule has 1 amide bonds. The maximum Gasteiger partial charge on any atom is 0.227 e. The van der Waals surface area contributed by atoms with E-state index < -0.39 is 10.1 Å². The van der Waals surface area contributed by atoms with Gasteiger partial charge in [-0.3, -0.25) is 9.69 Å². The van der Waals surface area contributed by atoms with Crippen LogP contribution in [0.3, 0.4) is 0 Å². The average molecular weight is 489 g/mol. The Kier molecular flexibility index (Phi) is 7.58. The lowest BCUT2D eigenvalue weighted by molar-refractivity contribution is -0.437. The Balaban J connectivity index is 1.58. The molecule has 0 aromatic heterocycles. The highest BCUT2D eigenvalue weighted by atomic mass is 32.2. The number of carbonyl (C=O) groups excluding carboxylic acids is 1. The lowest BCUT2D eigenvalue weighted by Crippen LogP contribution is -2.21. The Morgan fingerprint density at radius 2 is 1.74 bits per heavy atom. The molecule has 0 spiro atoms. The fraction of sp³-hybridized carbons (Fsp3) is 0.214. The van der Waals surface area contributed by atoms with Crippen molar-refractivity contribution in [1.29, 1.82) is 0 Å². The molecule has 0 saturated heterocycles. The van der Waals surface area contributed by atoms with E-state index >= 15 is 0 Å². The number of anilines is 1. The summed E-state index contributed by atoms with van der Waals surface area (Å²) in [7, 11) is -4.21. The zero-order valence-electron chi connectivity index (χ0n) is 19.6. The Labute approximate surface area is 206 Å². The highest BCUT2D eigenvalue weighted by Gasteiger charge is 2.29. The predicted octanol–water partition coefficient (Wildman–Crippen LogP) is 4.93. The number of hydrogen-bond acceptors (Lipinski definition) is 4. The summed E-state index contributed by atoms with van der Waals surface area (Å²) in [5.41, 5.74) is 4.22. The van der Waals surface area contributed by atoms with Crippen molar-refractivity contribution in [2.45, 2.75) is 26.2 Å². The minimum Gasteiger partial charge on any atom is -0.748 e. The zero-order chi connectivity index (χ0) is 24.8. The van der Waals surface area contributed by atoms with Crippen LogP contribution in [0.25, 0.3) is 10.8 Å². The fourth-order valence-corrected chi connectivity index (χ4v) is 4.98. The van der Waals surface area contributed by atoms with Crippen LogP contribution in [-0.4, -0.2) is 41.5 Å². The molecule has 0 saturated carbocycles. The van der Waals surface area contributed by atoms with Crippen LogP contribution in [0.2, 0.25) is 0 Å². The van der Waals surface area contributed by atoms with Gasteiger partial charge >= 0.3 is 0 Å². The molecule has 1 aliphatic rings. The Morgan fingerprint density at radius 1 is 1.00 bits per heavy atom. The first-order chi connectivity index (χ1) is 16.8. The van der Waals surface area contributed by atoms with Gasteiger partial charge in [-0.15, -0.1) is 0 Å². The van der Waals surface area contributed by atoms with Gasteiger partial charge in [-0.25, -0.2) is 8.42 Å². The van der Waals surface area contributed by atoms with Crippen molar-refractivity contribution in [2.75, 3.05) is 17.2 Å². The average Bonchev–Trinajstić information content (AvgIpc) is 3.19. The normalized spacial score (nSPS) is 13.8. The van der Waals surface area contributed by atoms with Crippen LogP contribution in [0.5, 0.6) is 0 Å². The highest BCUT2D eigenvalue weighted by Crippen LogP contribution is 2.33. The summed E-state index contributed by atoms with van der Waals surface area (Å²) in [4.78, 5) is 13.7. The molecule has 3 aromatic carbocycles. The molecule has 7 heteroatoms. The molecule has 0 radical (unpaired) electrons. The molecule has 4 rings (SSSR count). The van der Waals surface area contributed by atoms with E-state index in [2.05, 4.69) is 28.8 Å². The largest absolute Gasteiger partial charge is 0.748 e. The first kappa shape index (κ1) is 24.6. The summed E-state index contributed by atoms with van der Waals surface area (Å²) < 4.78 is 35.2. The number of nitrogens with zero attached hydrogens (tertiary/aromatic N) is 2. The molecule has 35 heavy (non-hydrogen) atoms. The van der Waals surface area contributed by atoms with Gasteiger partial charge in [0.15, 0.2) is 5.71 Å². The van der Waals surface area contributed by atoms with E-state index in [0.717, 1.165) is 23.5 Å². The van der Waals surface area contributed by atoms with E-state index in [9.17, 15) is 17.8 Å². The topological polar surface area (TPSA) is 80.5 Å². The molecule has 1 aliphatic heterocycles. The van der Waals surface area contributed by atoms with Gasteiger partial charge in [-0.05, 0) is 41.5 Å². The van der Waals surface area contributed by atoms with Crippen molar-refractivity contribution in [2.24, 2.45) is 0 Å². The van der Waals surface area contributed by atoms with E-state index in [4.69, 9.17) is 0 Å². The van der Waals surface area contributed by atoms with E-state index in [1.807, 2.05) is 60.7 Å². The van der Waals surface area contributed by atoms with Crippen molar-refractivity contribution in [3.63, 3.8) is 0 Å². The van der Waals surface area contributed by atoms with E-state index in [1.165, 1.54) is 23.3 Å². The minimum absolute atomic E-state index is 0.0804. The van der Waals surface area contributed by atoms with Crippen LogP contribution in [-0.2, 0) is 21.3 Å². The molecular formula is C28H28N2O4S. The first-order valence-electron chi connectivity index (χ1n) is 11.6. The summed E-state index contributed by atoms with van der Waals surface area (Å²) in [5, 5.41) is 2.37. The number of para-hydroxylation sites is 1. The van der Waals surface area contributed by atoms with Crippen molar-refractivity contribution in [3.05, 3.63) is 96.7 Å². The lowest BCUT2D eigenvalue weighted by atomic mass is 10.0. The third kappa shape index (κ3) is 6.12. The monoisotopic (exact) mass is 488 g/mol. The number of benzene rings is 3. The second kappa shape index (κ2) is 10.8. The lowest BCUT2D eigenvalue weighted by Gasteiger charge is -2.15. The minimum atomic E-state index is -4.21. The number of rotatable bonds is 9. The van der Waals surface area contributed by atoms with Gasteiger partial charge in [0, 0.05) is 48.7 Å². The molecule has 0 fully saturated rings. The van der Waals surface area contributed by atoms with E-state index in [-0.39, 0.29) is 11.7 Å². The fourth-order valence-electron chi connectivity index (χ4n) is 4.42. The smallest absolute Gasteiger partial charge is 0.227 e. The number of hydrogen-bond donors (Lipinski definition) is 0. The molecule has 1 heterocycles. The predicted molar refractivity (Wildman–Crippen MR) is 139 cm³/mol. The Hall–Kier alpha value is -3.55. The van der Waals surface area contributed by atoms with Crippen LogP contribution < -0.4 is 4.90 Å². The SMILES string of the molecule is CC(=O)N(/C=C/C=C/C1=[N+](CCCCS(=O)(=O)[O-])c2ccc3ccccc3c2C1)c1ccccc1.